The van der Waals surface area contributed by atoms with Crippen LogP contribution in [-0.2, 0) is 11.3 Å². The third-order valence-electron chi connectivity index (χ3n) is 2.32. The summed E-state index contributed by atoms with van der Waals surface area (Å²) in [6.45, 7) is 3.82. The zero-order valence-electron chi connectivity index (χ0n) is 10.2. The molecule has 6 nitrogen and oxygen atoms in total. The summed E-state index contributed by atoms with van der Waals surface area (Å²) < 4.78 is 0. The molecule has 0 atom stereocenters. The van der Waals surface area contributed by atoms with Gasteiger partial charge in [-0.2, -0.15) is 0 Å². The van der Waals surface area contributed by atoms with Crippen LogP contribution in [-0.4, -0.2) is 23.3 Å². The number of rotatable bonds is 5. The van der Waals surface area contributed by atoms with E-state index in [1.165, 1.54) is 11.3 Å². The minimum Gasteiger partial charge on any atom is -0.369 e. The highest BCUT2D eigenvalue weighted by Crippen LogP contribution is 2.13. The topological polar surface area (TPSA) is 111 Å². The molecule has 1 aromatic rings. The number of carbonyl (C=O) groups is 2. The zero-order valence-corrected chi connectivity index (χ0v) is 11.9. The second-order valence-electron chi connectivity index (χ2n) is 4.26. The van der Waals surface area contributed by atoms with Gasteiger partial charge in [0.2, 0.25) is 5.91 Å². The number of thiazole rings is 1. The molecular weight excluding hydrogens is 276 g/mol. The summed E-state index contributed by atoms with van der Waals surface area (Å²) in [6.07, 6.45) is 0. The van der Waals surface area contributed by atoms with Gasteiger partial charge in [0.25, 0.3) is 5.91 Å². The molecule has 0 aromatic carbocycles. The van der Waals surface area contributed by atoms with E-state index in [2.05, 4.69) is 10.3 Å². The van der Waals surface area contributed by atoms with E-state index in [4.69, 9.17) is 11.5 Å². The van der Waals surface area contributed by atoms with E-state index in [9.17, 15) is 9.59 Å². The largest absolute Gasteiger partial charge is 0.369 e. The Balaban J connectivity index is 0.00000289. The highest BCUT2D eigenvalue weighted by molar-refractivity contribution is 7.09. The van der Waals surface area contributed by atoms with Crippen LogP contribution in [0.25, 0.3) is 0 Å². The molecule has 0 bridgehead atoms. The van der Waals surface area contributed by atoms with Crippen LogP contribution in [0.1, 0.15) is 29.3 Å². The van der Waals surface area contributed by atoms with Crippen LogP contribution in [0.5, 0.6) is 0 Å². The Hall–Kier alpha value is -1.18. The molecule has 0 radical (unpaired) electrons. The molecule has 1 aromatic heterocycles. The number of halogens is 1. The smallest absolute Gasteiger partial charge is 0.270 e. The highest BCUT2D eigenvalue weighted by Gasteiger charge is 2.25. The Morgan fingerprint density at radius 3 is 2.56 bits per heavy atom. The Labute approximate surface area is 116 Å². The predicted octanol–water partition coefficient (Wildman–Crippen LogP) is 0.265. The lowest BCUT2D eigenvalue weighted by Crippen LogP contribution is -2.42. The molecule has 0 spiro atoms. The maximum Gasteiger partial charge on any atom is 0.270 e. The maximum atomic E-state index is 11.7. The van der Waals surface area contributed by atoms with Gasteiger partial charge in [-0.25, -0.2) is 4.98 Å². The van der Waals surface area contributed by atoms with Crippen molar-refractivity contribution < 1.29 is 9.59 Å². The van der Waals surface area contributed by atoms with Crippen LogP contribution >= 0.6 is 23.7 Å². The number of carbonyl (C=O) groups excluding carboxylic acids is 2. The molecule has 18 heavy (non-hydrogen) atoms. The molecule has 0 saturated heterocycles. The lowest BCUT2D eigenvalue weighted by atomic mass is 9.93. The van der Waals surface area contributed by atoms with Crippen LogP contribution in [0, 0.1) is 5.41 Å². The quantitative estimate of drug-likeness (QED) is 0.723. The van der Waals surface area contributed by atoms with Gasteiger partial charge in [0.1, 0.15) is 10.7 Å². The third-order valence-corrected chi connectivity index (χ3v) is 3.19. The first-order chi connectivity index (χ1) is 7.86. The van der Waals surface area contributed by atoms with E-state index in [1.807, 2.05) is 0 Å². The Morgan fingerprint density at radius 1 is 1.50 bits per heavy atom. The number of aromatic nitrogens is 1. The van der Waals surface area contributed by atoms with Crippen molar-refractivity contribution >= 4 is 35.6 Å². The van der Waals surface area contributed by atoms with Gasteiger partial charge in [-0.3, -0.25) is 9.59 Å². The number of nitrogens with zero attached hydrogens (tertiary/aromatic N) is 1. The van der Waals surface area contributed by atoms with Gasteiger partial charge in [0.05, 0.1) is 5.41 Å². The fourth-order valence-electron chi connectivity index (χ4n) is 0.988. The van der Waals surface area contributed by atoms with Crippen molar-refractivity contribution in [2.75, 3.05) is 6.54 Å². The minimum absolute atomic E-state index is 0. The van der Waals surface area contributed by atoms with Crippen molar-refractivity contribution in [3.8, 4) is 0 Å². The number of nitrogens with one attached hydrogen (secondary N) is 1. The average Bonchev–Trinajstić information content (AvgIpc) is 2.74. The molecule has 0 saturated carbocycles. The van der Waals surface area contributed by atoms with Crippen molar-refractivity contribution in [2.45, 2.75) is 20.4 Å². The van der Waals surface area contributed by atoms with Crippen molar-refractivity contribution in [1.82, 2.24) is 10.3 Å². The average molecular weight is 293 g/mol. The predicted molar refractivity (Wildman–Crippen MR) is 72.6 cm³/mol. The molecular formula is C10H17ClN4O2S. The first-order valence-electron chi connectivity index (χ1n) is 5.09. The van der Waals surface area contributed by atoms with Crippen LogP contribution in [0.2, 0.25) is 0 Å². The summed E-state index contributed by atoms with van der Waals surface area (Å²) in [5, 5.41) is 4.95. The monoisotopic (exact) mass is 292 g/mol. The number of hydrogen-bond acceptors (Lipinski definition) is 5. The molecule has 102 valence electrons. The second-order valence-corrected chi connectivity index (χ2v) is 5.20. The number of primary amides is 1. The van der Waals surface area contributed by atoms with E-state index in [1.54, 1.807) is 19.2 Å². The summed E-state index contributed by atoms with van der Waals surface area (Å²) in [7, 11) is 0. The molecule has 0 aliphatic heterocycles. The number of nitrogens with two attached hydrogens (primary N) is 2. The first kappa shape index (κ1) is 16.8. The SMILES string of the molecule is CC(C)(CNC(=O)c1csc(CN)n1)C(N)=O.Cl. The summed E-state index contributed by atoms with van der Waals surface area (Å²) >= 11 is 1.33. The van der Waals surface area contributed by atoms with Gasteiger partial charge >= 0.3 is 0 Å². The van der Waals surface area contributed by atoms with Crippen LogP contribution in [0.15, 0.2) is 5.38 Å². The van der Waals surface area contributed by atoms with Crippen molar-refractivity contribution in [3.05, 3.63) is 16.1 Å². The normalized spacial score (nSPS) is 10.6. The van der Waals surface area contributed by atoms with Gasteiger partial charge < -0.3 is 16.8 Å². The minimum atomic E-state index is -0.775. The summed E-state index contributed by atoms with van der Waals surface area (Å²) in [4.78, 5) is 26.8. The molecule has 0 fully saturated rings. The maximum absolute atomic E-state index is 11.7. The summed E-state index contributed by atoms with van der Waals surface area (Å²) in [5.74, 6) is -0.783. The van der Waals surface area contributed by atoms with Crippen LogP contribution < -0.4 is 16.8 Å². The van der Waals surface area contributed by atoms with Crippen molar-refractivity contribution in [2.24, 2.45) is 16.9 Å². The number of hydrogen-bond donors (Lipinski definition) is 3. The molecule has 8 heteroatoms. The number of amides is 2. The lowest BCUT2D eigenvalue weighted by molar-refractivity contribution is -0.125. The third kappa shape index (κ3) is 4.25. The molecule has 1 rings (SSSR count). The summed E-state index contributed by atoms with van der Waals surface area (Å²) in [6, 6.07) is 0. The van der Waals surface area contributed by atoms with Crippen LogP contribution in [0.4, 0.5) is 0 Å². The Kier molecular flexibility index (Phi) is 6.23. The Morgan fingerprint density at radius 2 is 2.11 bits per heavy atom. The van der Waals surface area contributed by atoms with E-state index in [0.717, 1.165) is 0 Å². The molecule has 1 heterocycles. The van der Waals surface area contributed by atoms with Crippen molar-refractivity contribution in [1.29, 1.82) is 0 Å². The molecule has 2 amide bonds. The van der Waals surface area contributed by atoms with Crippen molar-refractivity contribution in [3.63, 3.8) is 0 Å². The second kappa shape index (κ2) is 6.67. The van der Waals surface area contributed by atoms with Gasteiger partial charge in [0, 0.05) is 18.5 Å². The van der Waals surface area contributed by atoms with Gasteiger partial charge in [-0.1, -0.05) is 0 Å². The molecule has 0 unspecified atom stereocenters. The Bertz CT molecular complexity index is 433. The standard InChI is InChI=1S/C10H16N4O2S.ClH/c1-10(2,9(12)16)5-13-8(15)6-4-17-7(3-11)14-6;/h4H,3,5,11H2,1-2H3,(H2,12,16)(H,13,15);1H. The van der Waals surface area contributed by atoms with E-state index >= 15 is 0 Å². The fourth-order valence-corrected chi connectivity index (χ4v) is 1.64. The van der Waals surface area contributed by atoms with Gasteiger partial charge in [-0.15, -0.1) is 23.7 Å². The van der Waals surface area contributed by atoms with Gasteiger partial charge in [0.15, 0.2) is 0 Å². The van der Waals surface area contributed by atoms with E-state index < -0.39 is 11.3 Å². The molecule has 5 N–H and O–H groups in total. The highest BCUT2D eigenvalue weighted by atomic mass is 35.5. The van der Waals surface area contributed by atoms with Gasteiger partial charge in [-0.05, 0) is 13.8 Å². The van der Waals surface area contributed by atoms with Crippen LogP contribution in [0.3, 0.4) is 0 Å². The van der Waals surface area contributed by atoms with E-state index in [0.29, 0.717) is 17.2 Å². The first-order valence-corrected chi connectivity index (χ1v) is 5.97. The zero-order chi connectivity index (χ0) is 13.1. The molecule has 0 aliphatic rings. The summed E-state index contributed by atoms with van der Waals surface area (Å²) in [5.41, 5.74) is 10.1. The lowest BCUT2D eigenvalue weighted by Gasteiger charge is -2.20. The molecule has 0 aliphatic carbocycles. The van der Waals surface area contributed by atoms with E-state index in [-0.39, 0.29) is 24.9 Å². The fraction of sp³-hybridized carbons (Fsp3) is 0.500.